The van der Waals surface area contributed by atoms with E-state index < -0.39 is 12.0 Å². The highest BCUT2D eigenvalue weighted by molar-refractivity contribution is 5.97. The maximum Gasteiger partial charge on any atom is 0.328 e. The molecule has 0 aromatic heterocycles. The van der Waals surface area contributed by atoms with Crippen molar-refractivity contribution in [3.63, 3.8) is 0 Å². The Morgan fingerprint density at radius 1 is 1.04 bits per heavy atom. The van der Waals surface area contributed by atoms with Crippen LogP contribution in [0, 0.1) is 13.8 Å². The van der Waals surface area contributed by atoms with Crippen LogP contribution < -0.4 is 10.6 Å². The molecule has 6 heteroatoms. The minimum absolute atomic E-state index is 0.365. The molecule has 0 unspecified atom stereocenters. The Balaban J connectivity index is 1.71. The number of hydrogen-bond acceptors (Lipinski definition) is 4. The monoisotopic (exact) mass is 382 g/mol. The Kier molecular flexibility index (Phi) is 7.75. The predicted octanol–water partition coefficient (Wildman–Crippen LogP) is 2.32. The number of rotatable bonds is 8. The van der Waals surface area contributed by atoms with E-state index in [2.05, 4.69) is 10.6 Å². The summed E-state index contributed by atoms with van der Waals surface area (Å²) >= 11 is 0. The molecule has 0 spiro atoms. The molecular weight excluding hydrogens is 356 g/mol. The Bertz CT molecular complexity index is 848. The van der Waals surface area contributed by atoms with Crippen LogP contribution in [0.4, 0.5) is 0 Å². The van der Waals surface area contributed by atoms with Gasteiger partial charge >= 0.3 is 5.97 Å². The molecule has 28 heavy (non-hydrogen) atoms. The van der Waals surface area contributed by atoms with Gasteiger partial charge in [-0.3, -0.25) is 9.59 Å². The molecule has 148 valence electrons. The van der Waals surface area contributed by atoms with Crippen molar-refractivity contribution in [2.24, 2.45) is 0 Å². The SMILES string of the molecule is Cc1cccc(C(=O)N[C@@H](C)C(=O)OCC(=O)NCCc2ccccc2C)c1. The molecule has 0 radical (unpaired) electrons. The van der Waals surface area contributed by atoms with Crippen molar-refractivity contribution in [2.75, 3.05) is 13.2 Å². The average molecular weight is 382 g/mol. The molecule has 2 amide bonds. The van der Waals surface area contributed by atoms with E-state index in [0.717, 1.165) is 11.1 Å². The highest BCUT2D eigenvalue weighted by Crippen LogP contribution is 2.07. The van der Waals surface area contributed by atoms with E-state index in [1.165, 1.54) is 12.5 Å². The predicted molar refractivity (Wildman–Crippen MR) is 107 cm³/mol. The number of hydrogen-bond donors (Lipinski definition) is 2. The molecule has 2 N–H and O–H groups in total. The number of carbonyl (C=O) groups excluding carboxylic acids is 3. The second-order valence-electron chi connectivity index (χ2n) is 6.70. The third kappa shape index (κ3) is 6.54. The Hall–Kier alpha value is -3.15. The summed E-state index contributed by atoms with van der Waals surface area (Å²) in [4.78, 5) is 36.0. The van der Waals surface area contributed by atoms with Crippen LogP contribution in [-0.4, -0.2) is 37.0 Å². The smallest absolute Gasteiger partial charge is 0.328 e. The summed E-state index contributed by atoms with van der Waals surface area (Å²) in [5, 5.41) is 5.29. The van der Waals surface area contributed by atoms with Crippen LogP contribution >= 0.6 is 0 Å². The van der Waals surface area contributed by atoms with Crippen LogP contribution in [0.15, 0.2) is 48.5 Å². The molecule has 0 aliphatic rings. The fraction of sp³-hybridized carbons (Fsp3) is 0.318. The summed E-state index contributed by atoms with van der Waals surface area (Å²) in [5.74, 6) is -1.40. The van der Waals surface area contributed by atoms with Crippen LogP contribution in [0.25, 0.3) is 0 Å². The molecule has 0 saturated carbocycles. The Labute approximate surface area is 165 Å². The highest BCUT2D eigenvalue weighted by Gasteiger charge is 2.19. The molecule has 2 aromatic carbocycles. The van der Waals surface area contributed by atoms with Crippen molar-refractivity contribution in [3.05, 3.63) is 70.8 Å². The zero-order valence-corrected chi connectivity index (χ0v) is 16.5. The summed E-state index contributed by atoms with van der Waals surface area (Å²) in [6, 6.07) is 14.2. The summed E-state index contributed by atoms with van der Waals surface area (Å²) in [7, 11) is 0. The second-order valence-corrected chi connectivity index (χ2v) is 6.70. The second kappa shape index (κ2) is 10.3. The van der Waals surface area contributed by atoms with E-state index >= 15 is 0 Å². The molecule has 0 bridgehead atoms. The van der Waals surface area contributed by atoms with Crippen LogP contribution in [-0.2, 0) is 20.7 Å². The first-order valence-electron chi connectivity index (χ1n) is 9.22. The maximum absolute atomic E-state index is 12.2. The van der Waals surface area contributed by atoms with Gasteiger partial charge in [-0.05, 0) is 50.5 Å². The third-order valence-corrected chi connectivity index (χ3v) is 4.30. The van der Waals surface area contributed by atoms with Gasteiger partial charge in [-0.15, -0.1) is 0 Å². The van der Waals surface area contributed by atoms with Gasteiger partial charge in [0.2, 0.25) is 0 Å². The lowest BCUT2D eigenvalue weighted by Crippen LogP contribution is -2.41. The van der Waals surface area contributed by atoms with Gasteiger partial charge in [-0.25, -0.2) is 4.79 Å². The van der Waals surface area contributed by atoms with Crippen LogP contribution in [0.1, 0.15) is 34.0 Å². The van der Waals surface area contributed by atoms with E-state index in [9.17, 15) is 14.4 Å². The van der Waals surface area contributed by atoms with Gasteiger partial charge in [0.25, 0.3) is 11.8 Å². The van der Waals surface area contributed by atoms with E-state index in [1.54, 1.807) is 18.2 Å². The molecule has 2 aromatic rings. The molecule has 1 atom stereocenters. The molecule has 2 rings (SSSR count). The zero-order chi connectivity index (χ0) is 20.5. The van der Waals surface area contributed by atoms with E-state index in [1.807, 2.05) is 44.2 Å². The Morgan fingerprint density at radius 2 is 1.79 bits per heavy atom. The van der Waals surface area contributed by atoms with Gasteiger partial charge in [0.15, 0.2) is 6.61 Å². The topological polar surface area (TPSA) is 84.5 Å². The standard InChI is InChI=1S/C22H26N2O4/c1-15-7-6-10-19(13-15)21(26)24-17(3)22(27)28-14-20(25)23-12-11-18-9-5-4-8-16(18)2/h4-10,13,17H,11-12,14H2,1-3H3,(H,23,25)(H,24,26)/t17-/m0/s1. The molecule has 0 saturated heterocycles. The van der Waals surface area contributed by atoms with Crippen LogP contribution in [0.5, 0.6) is 0 Å². The minimum Gasteiger partial charge on any atom is -0.454 e. The maximum atomic E-state index is 12.2. The minimum atomic E-state index is -0.854. The van der Waals surface area contributed by atoms with Gasteiger partial charge in [0, 0.05) is 12.1 Å². The number of aryl methyl sites for hydroxylation is 2. The fourth-order valence-electron chi connectivity index (χ4n) is 2.67. The number of nitrogens with one attached hydrogen (secondary N) is 2. The fourth-order valence-corrected chi connectivity index (χ4v) is 2.67. The number of esters is 1. The van der Waals surface area contributed by atoms with Crippen molar-refractivity contribution in [3.8, 4) is 0 Å². The van der Waals surface area contributed by atoms with Gasteiger partial charge in [0.05, 0.1) is 0 Å². The van der Waals surface area contributed by atoms with Crippen molar-refractivity contribution < 1.29 is 19.1 Å². The summed E-state index contributed by atoms with van der Waals surface area (Å²) in [6.07, 6.45) is 0.704. The zero-order valence-electron chi connectivity index (χ0n) is 16.5. The number of benzene rings is 2. The van der Waals surface area contributed by atoms with E-state index in [-0.39, 0.29) is 18.4 Å². The van der Waals surface area contributed by atoms with Crippen LogP contribution in [0.3, 0.4) is 0 Å². The van der Waals surface area contributed by atoms with Gasteiger partial charge < -0.3 is 15.4 Å². The normalized spacial score (nSPS) is 11.4. The molecule has 0 fully saturated rings. The summed E-state index contributed by atoms with van der Waals surface area (Å²) in [5.41, 5.74) is 3.74. The van der Waals surface area contributed by atoms with Crippen molar-refractivity contribution >= 4 is 17.8 Å². The van der Waals surface area contributed by atoms with Crippen molar-refractivity contribution in [1.82, 2.24) is 10.6 Å². The number of amides is 2. The van der Waals surface area contributed by atoms with Crippen molar-refractivity contribution in [1.29, 1.82) is 0 Å². The lowest BCUT2D eigenvalue weighted by molar-refractivity contribution is -0.150. The van der Waals surface area contributed by atoms with Crippen molar-refractivity contribution in [2.45, 2.75) is 33.2 Å². The average Bonchev–Trinajstić information content (AvgIpc) is 2.67. The third-order valence-electron chi connectivity index (χ3n) is 4.30. The van der Waals surface area contributed by atoms with Crippen LogP contribution in [0.2, 0.25) is 0 Å². The number of ether oxygens (including phenoxy) is 1. The van der Waals surface area contributed by atoms with Gasteiger partial charge in [-0.2, -0.15) is 0 Å². The Morgan fingerprint density at radius 3 is 2.50 bits per heavy atom. The molecular formula is C22H26N2O4. The first-order valence-corrected chi connectivity index (χ1v) is 9.22. The quantitative estimate of drug-likeness (QED) is 0.686. The van der Waals surface area contributed by atoms with Gasteiger partial charge in [-0.1, -0.05) is 42.0 Å². The lowest BCUT2D eigenvalue weighted by atomic mass is 10.1. The summed E-state index contributed by atoms with van der Waals surface area (Å²) < 4.78 is 4.99. The number of carbonyl (C=O) groups is 3. The highest BCUT2D eigenvalue weighted by atomic mass is 16.5. The first kappa shape index (κ1) is 21.2. The summed E-state index contributed by atoms with van der Waals surface area (Å²) in [6.45, 7) is 5.50. The van der Waals surface area contributed by atoms with Gasteiger partial charge in [0.1, 0.15) is 6.04 Å². The largest absolute Gasteiger partial charge is 0.454 e. The molecule has 6 nitrogen and oxygen atoms in total. The molecule has 0 aliphatic carbocycles. The van der Waals surface area contributed by atoms with E-state index in [0.29, 0.717) is 18.5 Å². The van der Waals surface area contributed by atoms with E-state index in [4.69, 9.17) is 4.74 Å². The first-order chi connectivity index (χ1) is 13.4. The molecule has 0 heterocycles. The molecule has 0 aliphatic heterocycles. The lowest BCUT2D eigenvalue weighted by Gasteiger charge is -2.14.